The molecule has 2 atom stereocenters. The number of hydrogen-bond acceptors (Lipinski definition) is 2. The van der Waals surface area contributed by atoms with Gasteiger partial charge in [0.2, 0.25) is 0 Å². The molecule has 0 aliphatic heterocycles. The number of hydrogen-bond donors (Lipinski definition) is 1. The molecule has 1 fully saturated rings. The molecule has 1 aliphatic carbocycles. The topological polar surface area (TPSA) is 38.9 Å². The second-order valence-electron chi connectivity index (χ2n) is 7.40. The van der Waals surface area contributed by atoms with Gasteiger partial charge in [0.15, 0.2) is 0 Å². The summed E-state index contributed by atoms with van der Waals surface area (Å²) in [5.41, 5.74) is 9.38. The average Bonchev–Trinajstić information content (AvgIpc) is 2.52. The van der Waals surface area contributed by atoms with E-state index in [1.54, 1.807) is 0 Å². The number of aromatic nitrogens is 1. The summed E-state index contributed by atoms with van der Waals surface area (Å²) >= 11 is 0. The summed E-state index contributed by atoms with van der Waals surface area (Å²) in [6, 6.07) is 2.21. The molecule has 2 heteroatoms. The molecule has 106 valence electrons. The Morgan fingerprint density at radius 2 is 1.95 bits per heavy atom. The van der Waals surface area contributed by atoms with E-state index in [0.717, 1.165) is 18.8 Å². The first kappa shape index (κ1) is 14.5. The molecule has 19 heavy (non-hydrogen) atoms. The van der Waals surface area contributed by atoms with E-state index in [2.05, 4.69) is 38.7 Å². The standard InChI is InChI=1S/C17H28N2/c1-13-10-15(12-19-11-13)17(18)8-5-6-14(7-9-17)16(2,3)4/h10-12,14H,5-9,18H2,1-4H3. The molecule has 1 heterocycles. The summed E-state index contributed by atoms with van der Waals surface area (Å²) in [5.74, 6) is 0.788. The van der Waals surface area contributed by atoms with Gasteiger partial charge in [-0.3, -0.25) is 4.98 Å². The predicted molar refractivity (Wildman–Crippen MR) is 80.9 cm³/mol. The van der Waals surface area contributed by atoms with Crippen molar-refractivity contribution in [3.63, 3.8) is 0 Å². The van der Waals surface area contributed by atoms with Crippen LogP contribution in [0.1, 0.15) is 64.0 Å². The minimum Gasteiger partial charge on any atom is -0.321 e. The van der Waals surface area contributed by atoms with Gasteiger partial charge in [-0.15, -0.1) is 0 Å². The van der Waals surface area contributed by atoms with Crippen LogP contribution in [0.5, 0.6) is 0 Å². The van der Waals surface area contributed by atoms with Crippen LogP contribution < -0.4 is 5.73 Å². The van der Waals surface area contributed by atoms with Gasteiger partial charge in [-0.05, 0) is 55.1 Å². The second-order valence-corrected chi connectivity index (χ2v) is 7.40. The van der Waals surface area contributed by atoms with Crippen LogP contribution in [0.15, 0.2) is 18.5 Å². The van der Waals surface area contributed by atoms with Crippen LogP contribution in [-0.2, 0) is 5.54 Å². The van der Waals surface area contributed by atoms with Crippen LogP contribution in [0, 0.1) is 18.3 Å². The minimum atomic E-state index is -0.168. The molecule has 0 saturated heterocycles. The van der Waals surface area contributed by atoms with E-state index in [9.17, 15) is 0 Å². The Bertz CT molecular complexity index is 433. The van der Waals surface area contributed by atoms with Gasteiger partial charge in [-0.1, -0.05) is 33.3 Å². The monoisotopic (exact) mass is 260 g/mol. The first-order valence-corrected chi connectivity index (χ1v) is 7.52. The number of aryl methyl sites for hydroxylation is 1. The lowest BCUT2D eigenvalue weighted by Crippen LogP contribution is -2.36. The summed E-state index contributed by atoms with van der Waals surface area (Å²) in [4.78, 5) is 4.32. The maximum atomic E-state index is 6.71. The normalized spacial score (nSPS) is 29.0. The molecule has 2 rings (SSSR count). The zero-order valence-corrected chi connectivity index (χ0v) is 12.9. The van der Waals surface area contributed by atoms with Gasteiger partial charge in [0, 0.05) is 17.9 Å². The quantitative estimate of drug-likeness (QED) is 0.770. The molecule has 1 saturated carbocycles. The van der Waals surface area contributed by atoms with Crippen molar-refractivity contribution >= 4 is 0 Å². The average molecular weight is 260 g/mol. The zero-order chi connectivity index (χ0) is 14.1. The van der Waals surface area contributed by atoms with Crippen LogP contribution in [0.4, 0.5) is 0 Å². The lowest BCUT2D eigenvalue weighted by atomic mass is 9.76. The molecule has 0 radical (unpaired) electrons. The Kier molecular flexibility index (Phi) is 4.00. The second kappa shape index (κ2) is 5.24. The fourth-order valence-electron chi connectivity index (χ4n) is 3.35. The molecule has 0 amide bonds. The third-order valence-electron chi connectivity index (χ3n) is 4.79. The Labute approximate surface area is 117 Å². The van der Waals surface area contributed by atoms with Crippen molar-refractivity contribution in [3.8, 4) is 0 Å². The largest absolute Gasteiger partial charge is 0.321 e. The van der Waals surface area contributed by atoms with E-state index in [0.29, 0.717) is 5.41 Å². The first-order valence-electron chi connectivity index (χ1n) is 7.52. The third kappa shape index (κ3) is 3.36. The van der Waals surface area contributed by atoms with Gasteiger partial charge in [-0.25, -0.2) is 0 Å². The van der Waals surface area contributed by atoms with E-state index in [1.165, 1.54) is 30.4 Å². The highest BCUT2D eigenvalue weighted by Crippen LogP contribution is 2.42. The van der Waals surface area contributed by atoms with E-state index in [4.69, 9.17) is 5.73 Å². The fraction of sp³-hybridized carbons (Fsp3) is 0.706. The molecule has 2 nitrogen and oxygen atoms in total. The highest BCUT2D eigenvalue weighted by Gasteiger charge is 2.34. The Hall–Kier alpha value is -0.890. The van der Waals surface area contributed by atoms with Crippen molar-refractivity contribution in [2.75, 3.05) is 0 Å². The molecule has 0 aromatic carbocycles. The molecular formula is C17H28N2. The zero-order valence-electron chi connectivity index (χ0n) is 12.9. The number of nitrogens with two attached hydrogens (primary N) is 1. The van der Waals surface area contributed by atoms with Gasteiger partial charge in [0.1, 0.15) is 0 Å². The smallest absolute Gasteiger partial charge is 0.0425 e. The molecule has 0 bridgehead atoms. The first-order chi connectivity index (χ1) is 8.81. The van der Waals surface area contributed by atoms with Crippen molar-refractivity contribution in [2.45, 2.75) is 65.3 Å². The van der Waals surface area contributed by atoms with Gasteiger partial charge in [0.25, 0.3) is 0 Å². The third-order valence-corrected chi connectivity index (χ3v) is 4.79. The van der Waals surface area contributed by atoms with Crippen LogP contribution in [0.2, 0.25) is 0 Å². The van der Waals surface area contributed by atoms with Crippen molar-refractivity contribution < 1.29 is 0 Å². The molecule has 2 unspecified atom stereocenters. The predicted octanol–water partition coefficient (Wildman–Crippen LogP) is 4.17. The van der Waals surface area contributed by atoms with E-state index in [-0.39, 0.29) is 5.54 Å². The van der Waals surface area contributed by atoms with Gasteiger partial charge >= 0.3 is 0 Å². The van der Waals surface area contributed by atoms with Crippen molar-refractivity contribution in [1.82, 2.24) is 4.98 Å². The molecule has 1 aliphatic rings. The number of nitrogens with zero attached hydrogens (tertiary/aromatic N) is 1. The van der Waals surface area contributed by atoms with Crippen LogP contribution in [-0.4, -0.2) is 4.98 Å². The van der Waals surface area contributed by atoms with Gasteiger partial charge in [0.05, 0.1) is 0 Å². The summed E-state index contributed by atoms with van der Waals surface area (Å²) in [6.07, 6.45) is 9.80. The van der Waals surface area contributed by atoms with Crippen molar-refractivity contribution in [3.05, 3.63) is 29.6 Å². The SMILES string of the molecule is Cc1cncc(C2(N)CCCC(C(C)(C)C)CC2)c1. The van der Waals surface area contributed by atoms with E-state index in [1.807, 2.05) is 12.4 Å². The lowest BCUT2D eigenvalue weighted by Gasteiger charge is -2.31. The van der Waals surface area contributed by atoms with Crippen LogP contribution in [0.25, 0.3) is 0 Å². The van der Waals surface area contributed by atoms with E-state index < -0.39 is 0 Å². The molecule has 1 aromatic heterocycles. The Morgan fingerprint density at radius 1 is 1.21 bits per heavy atom. The van der Waals surface area contributed by atoms with E-state index >= 15 is 0 Å². The highest BCUT2D eigenvalue weighted by molar-refractivity contribution is 5.25. The fourth-order valence-corrected chi connectivity index (χ4v) is 3.35. The molecule has 2 N–H and O–H groups in total. The summed E-state index contributed by atoms with van der Waals surface area (Å²) < 4.78 is 0. The van der Waals surface area contributed by atoms with Gasteiger partial charge < -0.3 is 5.73 Å². The Morgan fingerprint density at radius 3 is 2.58 bits per heavy atom. The molecule has 1 aromatic rings. The highest BCUT2D eigenvalue weighted by atomic mass is 14.8. The molecule has 0 spiro atoms. The number of pyridine rings is 1. The maximum Gasteiger partial charge on any atom is 0.0425 e. The van der Waals surface area contributed by atoms with Crippen molar-refractivity contribution in [2.24, 2.45) is 17.1 Å². The summed E-state index contributed by atoms with van der Waals surface area (Å²) in [5, 5.41) is 0. The molecular weight excluding hydrogens is 232 g/mol. The Balaban J connectivity index is 2.18. The van der Waals surface area contributed by atoms with Crippen molar-refractivity contribution in [1.29, 1.82) is 0 Å². The summed E-state index contributed by atoms with van der Waals surface area (Å²) in [7, 11) is 0. The summed E-state index contributed by atoms with van der Waals surface area (Å²) in [6.45, 7) is 9.16. The van der Waals surface area contributed by atoms with Crippen LogP contribution in [0.3, 0.4) is 0 Å². The van der Waals surface area contributed by atoms with Gasteiger partial charge in [-0.2, -0.15) is 0 Å². The number of rotatable bonds is 1. The maximum absolute atomic E-state index is 6.71. The lowest BCUT2D eigenvalue weighted by molar-refractivity contribution is 0.211. The minimum absolute atomic E-state index is 0.168. The van der Waals surface area contributed by atoms with Crippen LogP contribution >= 0.6 is 0 Å².